The number of nitrogens with zero attached hydrogens (tertiary/aromatic N) is 3. The number of benzene rings is 2. The number of aryl methyl sites for hydroxylation is 3. The molecule has 0 aliphatic heterocycles. The van der Waals surface area contributed by atoms with Crippen molar-refractivity contribution in [2.24, 2.45) is 5.10 Å². The summed E-state index contributed by atoms with van der Waals surface area (Å²) in [5.41, 5.74) is 8.87. The molecule has 0 saturated heterocycles. The summed E-state index contributed by atoms with van der Waals surface area (Å²) in [6.07, 6.45) is 2.54. The van der Waals surface area contributed by atoms with E-state index < -0.39 is 22.5 Å². The van der Waals surface area contributed by atoms with Crippen LogP contribution >= 0.6 is 23.2 Å². The summed E-state index contributed by atoms with van der Waals surface area (Å²) < 4.78 is 27.6. The van der Waals surface area contributed by atoms with Crippen LogP contribution in [0.1, 0.15) is 28.1 Å². The number of sulfonamides is 1. The van der Waals surface area contributed by atoms with E-state index in [1.54, 1.807) is 6.21 Å². The molecule has 0 radical (unpaired) electrons. The highest BCUT2D eigenvalue weighted by Gasteiger charge is 2.21. The molecule has 0 fully saturated rings. The summed E-state index contributed by atoms with van der Waals surface area (Å²) >= 11 is 12.0. The fourth-order valence-corrected chi connectivity index (χ4v) is 4.96. The second-order valence-electron chi connectivity index (χ2n) is 8.12. The molecule has 0 atom stereocenters. The summed E-state index contributed by atoms with van der Waals surface area (Å²) in [7, 11) is -3.77. The van der Waals surface area contributed by atoms with Crippen molar-refractivity contribution in [1.82, 2.24) is 9.99 Å². The molecule has 0 unspecified atom stereocenters. The molecule has 0 bridgehead atoms. The molecular weight excluding hydrogens is 495 g/mol. The molecule has 2 aromatic carbocycles. The lowest BCUT2D eigenvalue weighted by Crippen LogP contribution is -2.39. The van der Waals surface area contributed by atoms with Crippen LogP contribution in [0.4, 0.5) is 5.69 Å². The largest absolute Gasteiger partial charge is 0.318 e. The number of amides is 1. The number of carbonyl (C=O) groups is 1. The molecular formula is C24H26Cl2N4O3S. The van der Waals surface area contributed by atoms with Crippen LogP contribution in [0.2, 0.25) is 10.0 Å². The normalized spacial score (nSPS) is 11.7. The average molecular weight is 521 g/mol. The number of hydrogen-bond donors (Lipinski definition) is 1. The number of aromatic nitrogens is 1. The van der Waals surface area contributed by atoms with E-state index in [-0.39, 0.29) is 15.7 Å². The Morgan fingerprint density at radius 1 is 1.03 bits per heavy atom. The molecule has 0 aliphatic rings. The SMILES string of the molecule is Cc1ccc(-n2c(C)cc(/C=N\NC(=O)CN(c3cc(Cl)cc(Cl)c3)S(C)(=O)=O)c2C)cc1C. The maximum Gasteiger partial charge on any atom is 0.260 e. The molecule has 1 heterocycles. The van der Waals surface area contributed by atoms with Crippen LogP contribution in [0.3, 0.4) is 0 Å². The lowest BCUT2D eigenvalue weighted by atomic mass is 10.1. The molecule has 0 saturated carbocycles. The third-order valence-corrected chi connectivity index (χ3v) is 7.01. The zero-order chi connectivity index (χ0) is 25.2. The molecule has 1 N–H and O–H groups in total. The highest BCUT2D eigenvalue weighted by Crippen LogP contribution is 2.27. The predicted molar refractivity (Wildman–Crippen MR) is 139 cm³/mol. The molecule has 180 valence electrons. The maximum absolute atomic E-state index is 12.5. The molecule has 1 aromatic heterocycles. The first-order valence-electron chi connectivity index (χ1n) is 10.4. The quantitative estimate of drug-likeness (QED) is 0.353. The van der Waals surface area contributed by atoms with Gasteiger partial charge in [-0.3, -0.25) is 9.10 Å². The minimum absolute atomic E-state index is 0.191. The Balaban J connectivity index is 1.77. The van der Waals surface area contributed by atoms with Gasteiger partial charge in [0.25, 0.3) is 5.91 Å². The van der Waals surface area contributed by atoms with E-state index in [4.69, 9.17) is 23.2 Å². The lowest BCUT2D eigenvalue weighted by Gasteiger charge is -2.21. The fourth-order valence-electron chi connectivity index (χ4n) is 3.60. The van der Waals surface area contributed by atoms with Crippen LogP contribution < -0.4 is 9.73 Å². The van der Waals surface area contributed by atoms with Crippen LogP contribution in [-0.2, 0) is 14.8 Å². The van der Waals surface area contributed by atoms with E-state index in [1.165, 1.54) is 29.3 Å². The second-order valence-corrected chi connectivity index (χ2v) is 10.9. The molecule has 3 rings (SSSR count). The van der Waals surface area contributed by atoms with Gasteiger partial charge in [-0.05, 0) is 75.2 Å². The monoisotopic (exact) mass is 520 g/mol. The molecule has 7 nitrogen and oxygen atoms in total. The summed E-state index contributed by atoms with van der Waals surface area (Å²) in [6, 6.07) is 12.6. The number of hydrogen-bond acceptors (Lipinski definition) is 4. The van der Waals surface area contributed by atoms with Gasteiger partial charge in [0.1, 0.15) is 6.54 Å². The van der Waals surface area contributed by atoms with Gasteiger partial charge in [0, 0.05) is 32.7 Å². The minimum atomic E-state index is -3.77. The Kier molecular flexibility index (Phi) is 7.75. The molecule has 3 aromatic rings. The first kappa shape index (κ1) is 25.8. The molecule has 34 heavy (non-hydrogen) atoms. The van der Waals surface area contributed by atoms with Crippen molar-refractivity contribution in [1.29, 1.82) is 0 Å². The highest BCUT2D eigenvalue weighted by molar-refractivity contribution is 7.92. The van der Waals surface area contributed by atoms with Crippen molar-refractivity contribution in [2.45, 2.75) is 27.7 Å². The van der Waals surface area contributed by atoms with Gasteiger partial charge in [-0.25, -0.2) is 13.8 Å². The van der Waals surface area contributed by atoms with Gasteiger partial charge in [-0.15, -0.1) is 0 Å². The number of rotatable bonds is 7. The molecule has 0 aliphatic carbocycles. The van der Waals surface area contributed by atoms with Gasteiger partial charge in [-0.1, -0.05) is 29.3 Å². The third kappa shape index (κ3) is 6.00. The zero-order valence-electron chi connectivity index (χ0n) is 19.6. The molecule has 0 spiro atoms. The fraction of sp³-hybridized carbons (Fsp3) is 0.250. The molecule has 10 heteroatoms. The van der Waals surface area contributed by atoms with E-state index in [0.29, 0.717) is 0 Å². The number of carbonyl (C=O) groups excluding carboxylic acids is 1. The third-order valence-electron chi connectivity index (χ3n) is 5.43. The predicted octanol–water partition coefficient (Wildman–Crippen LogP) is 4.93. The minimum Gasteiger partial charge on any atom is -0.318 e. The van der Waals surface area contributed by atoms with E-state index in [1.807, 2.05) is 19.9 Å². The maximum atomic E-state index is 12.5. The van der Waals surface area contributed by atoms with E-state index in [0.717, 1.165) is 33.2 Å². The van der Waals surface area contributed by atoms with Gasteiger partial charge >= 0.3 is 0 Å². The van der Waals surface area contributed by atoms with Crippen molar-refractivity contribution in [2.75, 3.05) is 17.1 Å². The zero-order valence-corrected chi connectivity index (χ0v) is 21.9. The summed E-state index contributed by atoms with van der Waals surface area (Å²) in [5.74, 6) is -0.610. The Morgan fingerprint density at radius 2 is 1.68 bits per heavy atom. The lowest BCUT2D eigenvalue weighted by molar-refractivity contribution is -0.119. The standard InChI is InChI=1S/C24H26Cl2N4O3S/c1-15-6-7-22(8-16(15)2)30-17(3)9-19(18(30)4)13-27-28-24(31)14-29(34(5,32)33)23-11-20(25)10-21(26)12-23/h6-13H,14H2,1-5H3,(H,28,31)/b27-13-. The van der Waals surface area contributed by atoms with Gasteiger partial charge in [0.2, 0.25) is 10.0 Å². The number of anilines is 1. The number of halogens is 2. The first-order valence-corrected chi connectivity index (χ1v) is 13.0. The first-order chi connectivity index (χ1) is 15.9. The van der Waals surface area contributed by atoms with Gasteiger partial charge in [0.15, 0.2) is 0 Å². The van der Waals surface area contributed by atoms with E-state index in [2.05, 4.69) is 47.1 Å². The topological polar surface area (TPSA) is 83.8 Å². The van der Waals surface area contributed by atoms with Crippen LogP contribution in [0.5, 0.6) is 0 Å². The van der Waals surface area contributed by atoms with Crippen LogP contribution in [0.25, 0.3) is 5.69 Å². The molecule has 1 amide bonds. The Bertz CT molecular complexity index is 1360. The van der Waals surface area contributed by atoms with Crippen molar-refractivity contribution in [3.05, 3.63) is 80.6 Å². The summed E-state index contributed by atoms with van der Waals surface area (Å²) in [4.78, 5) is 12.5. The van der Waals surface area contributed by atoms with Gasteiger partial charge < -0.3 is 4.57 Å². The highest BCUT2D eigenvalue weighted by atomic mass is 35.5. The Hall–Kier alpha value is -2.81. The summed E-state index contributed by atoms with van der Waals surface area (Å²) in [5, 5.41) is 4.55. The van der Waals surface area contributed by atoms with Crippen molar-refractivity contribution >= 4 is 51.0 Å². The van der Waals surface area contributed by atoms with Crippen LogP contribution in [0.15, 0.2) is 47.6 Å². The van der Waals surface area contributed by atoms with E-state index in [9.17, 15) is 13.2 Å². The smallest absolute Gasteiger partial charge is 0.260 e. The van der Waals surface area contributed by atoms with Gasteiger partial charge in [-0.2, -0.15) is 5.10 Å². The van der Waals surface area contributed by atoms with E-state index >= 15 is 0 Å². The van der Waals surface area contributed by atoms with Gasteiger partial charge in [0.05, 0.1) is 18.2 Å². The van der Waals surface area contributed by atoms with Crippen molar-refractivity contribution < 1.29 is 13.2 Å². The number of nitrogens with one attached hydrogen (secondary N) is 1. The van der Waals surface area contributed by atoms with Crippen LogP contribution in [0, 0.1) is 27.7 Å². The van der Waals surface area contributed by atoms with Crippen molar-refractivity contribution in [3.8, 4) is 5.69 Å². The van der Waals surface area contributed by atoms with Crippen LogP contribution in [-0.4, -0.2) is 37.9 Å². The number of hydrazone groups is 1. The Labute approximate surface area is 210 Å². The Morgan fingerprint density at radius 3 is 2.26 bits per heavy atom. The second kappa shape index (κ2) is 10.2. The van der Waals surface area contributed by atoms with Crippen molar-refractivity contribution in [3.63, 3.8) is 0 Å². The summed E-state index contributed by atoms with van der Waals surface area (Å²) in [6.45, 7) is 7.63. The average Bonchev–Trinajstić information content (AvgIpc) is 3.00.